The topological polar surface area (TPSA) is 85.7 Å². The van der Waals surface area contributed by atoms with Gasteiger partial charge in [0, 0.05) is 42.0 Å². The summed E-state index contributed by atoms with van der Waals surface area (Å²) < 4.78 is 12.7. The van der Waals surface area contributed by atoms with E-state index in [9.17, 15) is 9.59 Å². The Hall–Kier alpha value is -3.81. The molecule has 248 valence electrons. The van der Waals surface area contributed by atoms with Gasteiger partial charge in [-0.1, -0.05) is 31.2 Å². The van der Waals surface area contributed by atoms with Crippen LogP contribution in [0.3, 0.4) is 0 Å². The average molecular weight is 629 g/mol. The molecular weight excluding hydrogens is 576 g/mol. The van der Waals surface area contributed by atoms with Crippen LogP contribution in [0.2, 0.25) is 0 Å². The number of amides is 2. The Morgan fingerprint density at radius 2 is 1.76 bits per heavy atom. The zero-order valence-corrected chi connectivity index (χ0v) is 28.3. The van der Waals surface area contributed by atoms with Gasteiger partial charge in [0.05, 0.1) is 19.9 Å². The molecule has 8 nitrogen and oxygen atoms in total. The molecule has 0 radical (unpaired) electrons. The van der Waals surface area contributed by atoms with E-state index < -0.39 is 0 Å². The van der Waals surface area contributed by atoms with Gasteiger partial charge in [0.25, 0.3) is 0 Å². The van der Waals surface area contributed by atoms with Gasteiger partial charge in [0.1, 0.15) is 5.75 Å². The Kier molecular flexibility index (Phi) is 11.4. The normalized spacial score (nSPS) is 21.5. The predicted molar refractivity (Wildman–Crippen MR) is 183 cm³/mol. The summed E-state index contributed by atoms with van der Waals surface area (Å²) >= 11 is 0. The van der Waals surface area contributed by atoms with Crippen LogP contribution in [0.15, 0.2) is 54.9 Å². The molecule has 2 amide bonds. The van der Waals surface area contributed by atoms with Crippen molar-refractivity contribution in [3.05, 3.63) is 66.0 Å². The summed E-state index contributed by atoms with van der Waals surface area (Å²) in [4.78, 5) is 28.6. The van der Waals surface area contributed by atoms with Crippen LogP contribution in [0.25, 0.3) is 11.1 Å². The zero-order chi connectivity index (χ0) is 32.6. The number of ether oxygens (including phenoxy) is 2. The van der Waals surface area contributed by atoms with E-state index in [1.807, 2.05) is 17.8 Å². The predicted octanol–water partition coefficient (Wildman–Crippen LogP) is 8.45. The third kappa shape index (κ3) is 8.31. The molecule has 2 aromatic carbocycles. The number of aryl methyl sites for hydroxylation is 1. The maximum Gasteiger partial charge on any atom is 0.407 e. The lowest BCUT2D eigenvalue weighted by Gasteiger charge is -2.36. The fourth-order valence-electron chi connectivity index (χ4n) is 7.15. The molecule has 0 saturated heterocycles. The summed E-state index contributed by atoms with van der Waals surface area (Å²) in [5.41, 5.74) is 5.65. The highest BCUT2D eigenvalue weighted by atomic mass is 16.5. The number of hydrogen-bond donors (Lipinski definition) is 1. The van der Waals surface area contributed by atoms with Crippen molar-refractivity contribution in [1.29, 1.82) is 0 Å². The Morgan fingerprint density at radius 1 is 1.00 bits per heavy atom. The molecular formula is C38H52N4O4. The summed E-state index contributed by atoms with van der Waals surface area (Å²) in [6.07, 6.45) is 12.0. The van der Waals surface area contributed by atoms with Crippen molar-refractivity contribution in [3.8, 4) is 16.9 Å². The maximum absolute atomic E-state index is 14.4. The molecule has 1 aromatic heterocycles. The number of hydrogen-bond acceptors (Lipinski definition) is 5. The molecule has 5 rings (SSSR count). The fraction of sp³-hybridized carbons (Fsp3) is 0.553. The standard InChI is InChI=1S/C38H52N4O4/c1-6-20-46-38(44)40-34-17-14-30(15-18-34)37(43)41(35-9-7-8-31(22-35)33-23-39-42(25-33)26(2)3)24-28-10-12-29(13-11-28)32-16-19-36(45-5)27(4)21-32/h7-9,16,19,21-23,25-26,28-30,34H,6,10-15,17-18,20,24H2,1-5H3,(H,40,44). The highest BCUT2D eigenvalue weighted by molar-refractivity contribution is 5.95. The van der Waals surface area contributed by atoms with Gasteiger partial charge in [0.15, 0.2) is 0 Å². The van der Waals surface area contributed by atoms with Crippen LogP contribution in [0.1, 0.15) is 102 Å². The first kappa shape index (κ1) is 33.6. The van der Waals surface area contributed by atoms with E-state index in [0.29, 0.717) is 18.4 Å². The number of benzene rings is 2. The van der Waals surface area contributed by atoms with E-state index in [4.69, 9.17) is 9.47 Å². The Labute approximate surface area is 274 Å². The molecule has 0 spiro atoms. The molecule has 46 heavy (non-hydrogen) atoms. The summed E-state index contributed by atoms with van der Waals surface area (Å²) in [5.74, 6) is 2.06. The first-order valence-electron chi connectivity index (χ1n) is 17.3. The van der Waals surface area contributed by atoms with Crippen molar-refractivity contribution in [2.45, 2.75) is 103 Å². The molecule has 0 unspecified atom stereocenters. The number of carbonyl (C=O) groups is 2. The van der Waals surface area contributed by atoms with Crippen LogP contribution in [0.5, 0.6) is 5.75 Å². The second kappa shape index (κ2) is 15.7. The highest BCUT2D eigenvalue weighted by Crippen LogP contribution is 2.39. The fourth-order valence-corrected chi connectivity index (χ4v) is 7.15. The van der Waals surface area contributed by atoms with Crippen LogP contribution in [0.4, 0.5) is 10.5 Å². The quantitative estimate of drug-likeness (QED) is 0.230. The third-order valence-electron chi connectivity index (χ3n) is 9.90. The summed E-state index contributed by atoms with van der Waals surface area (Å²) in [7, 11) is 1.72. The second-order valence-electron chi connectivity index (χ2n) is 13.6. The molecule has 1 N–H and O–H groups in total. The number of nitrogens with zero attached hydrogens (tertiary/aromatic N) is 3. The zero-order valence-electron chi connectivity index (χ0n) is 28.3. The van der Waals surface area contributed by atoms with Crippen LogP contribution in [-0.4, -0.2) is 48.1 Å². The molecule has 2 saturated carbocycles. The second-order valence-corrected chi connectivity index (χ2v) is 13.6. The average Bonchev–Trinajstić information content (AvgIpc) is 3.58. The number of aromatic nitrogens is 2. The van der Waals surface area contributed by atoms with Crippen molar-refractivity contribution in [1.82, 2.24) is 15.1 Å². The van der Waals surface area contributed by atoms with E-state index in [2.05, 4.69) is 84.7 Å². The van der Waals surface area contributed by atoms with Gasteiger partial charge in [-0.05, 0) is 125 Å². The van der Waals surface area contributed by atoms with Gasteiger partial charge in [-0.2, -0.15) is 5.10 Å². The van der Waals surface area contributed by atoms with Gasteiger partial charge in [-0.15, -0.1) is 0 Å². The van der Waals surface area contributed by atoms with Crippen LogP contribution in [-0.2, 0) is 9.53 Å². The van der Waals surface area contributed by atoms with E-state index in [1.165, 1.54) is 11.1 Å². The minimum absolute atomic E-state index is 0.0551. The van der Waals surface area contributed by atoms with E-state index in [0.717, 1.165) is 86.9 Å². The molecule has 2 aliphatic carbocycles. The molecule has 3 aromatic rings. The number of anilines is 1. The van der Waals surface area contributed by atoms with Crippen LogP contribution in [0, 0.1) is 18.8 Å². The molecule has 2 aliphatic rings. The van der Waals surface area contributed by atoms with Gasteiger partial charge in [-0.3, -0.25) is 9.48 Å². The smallest absolute Gasteiger partial charge is 0.407 e. The van der Waals surface area contributed by atoms with Gasteiger partial charge in [0.2, 0.25) is 5.91 Å². The molecule has 1 heterocycles. The highest BCUT2D eigenvalue weighted by Gasteiger charge is 2.33. The minimum Gasteiger partial charge on any atom is -0.496 e. The van der Waals surface area contributed by atoms with E-state index in [1.54, 1.807) is 7.11 Å². The number of carbonyl (C=O) groups excluding carboxylic acids is 2. The van der Waals surface area contributed by atoms with E-state index >= 15 is 0 Å². The molecule has 8 heteroatoms. The molecule has 0 bridgehead atoms. The first-order valence-corrected chi connectivity index (χ1v) is 17.3. The van der Waals surface area contributed by atoms with Crippen molar-refractivity contribution in [2.24, 2.45) is 11.8 Å². The number of alkyl carbamates (subject to hydrolysis) is 1. The van der Waals surface area contributed by atoms with Crippen molar-refractivity contribution in [2.75, 3.05) is 25.2 Å². The number of nitrogens with one attached hydrogen (secondary N) is 1. The van der Waals surface area contributed by atoms with Crippen LogP contribution >= 0.6 is 0 Å². The van der Waals surface area contributed by atoms with Crippen LogP contribution < -0.4 is 15.0 Å². The lowest BCUT2D eigenvalue weighted by molar-refractivity contribution is -0.123. The number of rotatable bonds is 11. The largest absolute Gasteiger partial charge is 0.496 e. The lowest BCUT2D eigenvalue weighted by Crippen LogP contribution is -2.44. The summed E-state index contributed by atoms with van der Waals surface area (Å²) in [5, 5.41) is 7.55. The Balaban J connectivity index is 1.30. The summed E-state index contributed by atoms with van der Waals surface area (Å²) in [6.45, 7) is 9.49. The SMILES string of the molecule is CCCOC(=O)NC1CCC(C(=O)N(CC2CCC(c3ccc(OC)c(C)c3)CC2)c2cccc(-c3cnn(C(C)C)c3)c2)CC1. The van der Waals surface area contributed by atoms with Crippen molar-refractivity contribution < 1.29 is 19.1 Å². The Bertz CT molecular complexity index is 1450. The Morgan fingerprint density at radius 3 is 2.41 bits per heavy atom. The monoisotopic (exact) mass is 628 g/mol. The summed E-state index contributed by atoms with van der Waals surface area (Å²) in [6, 6.07) is 15.3. The molecule has 0 aliphatic heterocycles. The third-order valence-corrected chi connectivity index (χ3v) is 9.90. The maximum atomic E-state index is 14.4. The van der Waals surface area contributed by atoms with E-state index in [-0.39, 0.29) is 30.0 Å². The van der Waals surface area contributed by atoms with Crippen molar-refractivity contribution in [3.63, 3.8) is 0 Å². The van der Waals surface area contributed by atoms with Gasteiger partial charge < -0.3 is 19.7 Å². The number of methoxy groups -OCH3 is 1. The van der Waals surface area contributed by atoms with Gasteiger partial charge in [-0.25, -0.2) is 4.79 Å². The lowest BCUT2D eigenvalue weighted by atomic mass is 9.78. The first-order chi connectivity index (χ1) is 22.2. The van der Waals surface area contributed by atoms with Crippen molar-refractivity contribution >= 4 is 17.7 Å². The minimum atomic E-state index is -0.351. The van der Waals surface area contributed by atoms with Gasteiger partial charge >= 0.3 is 6.09 Å². The molecule has 2 fully saturated rings. The molecule has 0 atom stereocenters.